The number of ether oxygens (including phenoxy) is 1. The number of carbonyl (C=O) groups is 2. The summed E-state index contributed by atoms with van der Waals surface area (Å²) in [7, 11) is -3.23. The maximum atomic E-state index is 14.3. The van der Waals surface area contributed by atoms with Crippen molar-refractivity contribution in [2.75, 3.05) is 6.61 Å². The van der Waals surface area contributed by atoms with Crippen LogP contribution in [0, 0.1) is 11.3 Å². The van der Waals surface area contributed by atoms with Crippen LogP contribution >= 0.6 is 0 Å². The molecule has 2 aromatic carbocycles. The molecule has 1 aliphatic carbocycles. The van der Waals surface area contributed by atoms with Gasteiger partial charge in [0.25, 0.3) is 11.8 Å². The smallest absolute Gasteiger partial charge is 0.361 e. The number of benzene rings is 2. The first kappa shape index (κ1) is 36.4. The molecule has 1 saturated carbocycles. The van der Waals surface area contributed by atoms with E-state index in [4.69, 9.17) is 14.9 Å². The van der Waals surface area contributed by atoms with Crippen molar-refractivity contribution in [2.24, 2.45) is 16.5 Å². The summed E-state index contributed by atoms with van der Waals surface area (Å²) >= 11 is 0. The minimum atomic E-state index is -4.49. The van der Waals surface area contributed by atoms with Crippen LogP contribution in [0.3, 0.4) is 0 Å². The lowest BCUT2D eigenvalue weighted by molar-refractivity contribution is -0.215. The highest BCUT2D eigenvalue weighted by molar-refractivity contribution is 7.84. The molecule has 2 amide bonds. The van der Waals surface area contributed by atoms with E-state index < -0.39 is 47.4 Å². The van der Waals surface area contributed by atoms with Crippen LogP contribution in [0.1, 0.15) is 97.4 Å². The number of aromatic nitrogens is 2. The number of rotatable bonds is 14. The molecule has 2 N–H and O–H groups in total. The van der Waals surface area contributed by atoms with Crippen molar-refractivity contribution in [1.82, 2.24) is 14.5 Å². The molecule has 0 spiro atoms. The second-order valence-corrected chi connectivity index (χ2v) is 23.2. The minimum absolute atomic E-state index is 0.0786. The summed E-state index contributed by atoms with van der Waals surface area (Å²) in [5.74, 6) is -0.940. The zero-order valence-electron chi connectivity index (χ0n) is 28.8. The van der Waals surface area contributed by atoms with Crippen LogP contribution in [0.5, 0.6) is 0 Å². The molecule has 1 aliphatic heterocycles. The maximum absolute atomic E-state index is 14.3. The maximum Gasteiger partial charge on any atom is 0.393 e. The first-order chi connectivity index (χ1) is 22.2. The molecule has 1 aromatic heterocycles. The van der Waals surface area contributed by atoms with Crippen molar-refractivity contribution in [3.05, 3.63) is 65.0 Å². The molecular formula is C35H47F3N4O4SSi. The van der Waals surface area contributed by atoms with Gasteiger partial charge in [-0.05, 0) is 81.3 Å². The average Bonchev–Trinajstić information content (AvgIpc) is 3.70. The van der Waals surface area contributed by atoms with E-state index in [-0.39, 0.29) is 37.3 Å². The van der Waals surface area contributed by atoms with Crippen LogP contribution in [0.15, 0.2) is 42.5 Å². The molecule has 262 valence electrons. The summed E-state index contributed by atoms with van der Waals surface area (Å²) in [4.78, 5) is 33.4. The molecule has 8 nitrogen and oxygen atoms in total. The second kappa shape index (κ2) is 13.1. The van der Waals surface area contributed by atoms with Crippen LogP contribution in [0.2, 0.25) is 25.7 Å². The van der Waals surface area contributed by atoms with Gasteiger partial charge in [-0.1, -0.05) is 51.7 Å². The Morgan fingerprint density at radius 3 is 2.12 bits per heavy atom. The van der Waals surface area contributed by atoms with Gasteiger partial charge in [0.05, 0.1) is 49.3 Å². The third kappa shape index (κ3) is 7.48. The summed E-state index contributed by atoms with van der Waals surface area (Å²) in [6.07, 6.45) is -2.97. The number of amides is 2. The fraction of sp³-hybridized carbons (Fsp3) is 0.571. The topological polar surface area (TPSA) is 108 Å². The number of nitrogens with two attached hydrogens (primary N) is 1. The highest BCUT2D eigenvalue weighted by Crippen LogP contribution is 2.49. The average molecular weight is 705 g/mol. The summed E-state index contributed by atoms with van der Waals surface area (Å²) < 4.78 is 62.5. The fourth-order valence-corrected chi connectivity index (χ4v) is 7.62. The zero-order valence-corrected chi connectivity index (χ0v) is 30.6. The quantitative estimate of drug-likeness (QED) is 0.104. The lowest BCUT2D eigenvalue weighted by atomic mass is 9.78. The van der Waals surface area contributed by atoms with Gasteiger partial charge in [-0.3, -0.25) is 19.6 Å². The summed E-state index contributed by atoms with van der Waals surface area (Å²) in [5.41, 5.74) is 0.628. The van der Waals surface area contributed by atoms with Gasteiger partial charge in [-0.15, -0.1) is 0 Å². The van der Waals surface area contributed by atoms with Gasteiger partial charge in [0.2, 0.25) is 0 Å². The molecule has 2 heterocycles. The first-order valence-electron chi connectivity index (χ1n) is 16.5. The van der Waals surface area contributed by atoms with Crippen LogP contribution in [0.4, 0.5) is 13.2 Å². The molecule has 1 unspecified atom stereocenters. The Bertz CT molecular complexity index is 1690. The number of fused-ring (bicyclic) bond motifs is 2. The molecule has 0 radical (unpaired) electrons. The molecule has 13 heteroatoms. The molecule has 3 aromatic rings. The van der Waals surface area contributed by atoms with Crippen molar-refractivity contribution in [3.8, 4) is 0 Å². The van der Waals surface area contributed by atoms with Gasteiger partial charge in [0.1, 0.15) is 12.6 Å². The third-order valence-corrected chi connectivity index (χ3v) is 12.7. The largest absolute Gasteiger partial charge is 0.393 e. The van der Waals surface area contributed by atoms with E-state index in [1.807, 2.05) is 22.8 Å². The molecule has 5 rings (SSSR count). The molecule has 0 bridgehead atoms. The van der Waals surface area contributed by atoms with Gasteiger partial charge in [-0.2, -0.15) is 13.2 Å². The number of imide groups is 1. The van der Waals surface area contributed by atoms with E-state index in [1.54, 1.807) is 38.1 Å². The van der Waals surface area contributed by atoms with E-state index >= 15 is 0 Å². The Kier molecular flexibility index (Phi) is 9.94. The van der Waals surface area contributed by atoms with E-state index in [2.05, 4.69) is 19.6 Å². The highest BCUT2D eigenvalue weighted by Gasteiger charge is 2.50. The monoisotopic (exact) mass is 704 g/mol. The number of imidazole rings is 1. The van der Waals surface area contributed by atoms with Gasteiger partial charge in [-0.25, -0.2) is 9.19 Å². The van der Waals surface area contributed by atoms with Gasteiger partial charge in [0, 0.05) is 20.6 Å². The van der Waals surface area contributed by atoms with Crippen molar-refractivity contribution < 1.29 is 31.7 Å². The van der Waals surface area contributed by atoms with Gasteiger partial charge < -0.3 is 9.30 Å². The summed E-state index contributed by atoms with van der Waals surface area (Å²) in [6, 6.07) is 12.8. The van der Waals surface area contributed by atoms with E-state index in [0.717, 1.165) is 24.4 Å². The molecule has 48 heavy (non-hydrogen) atoms. The SMILES string of the molecule is CC(C)(C[C@H](CC(C)(C)C(F)(F)F)c1nc2cc([C@@H](C3CC3)N3C(=O)c4ccccc4C3=O)ccc2n1COCC[Si](C)(C)C)S(N)=O. The predicted molar refractivity (Wildman–Crippen MR) is 184 cm³/mol. The van der Waals surface area contributed by atoms with E-state index in [9.17, 15) is 27.0 Å². The number of hydrogen-bond acceptors (Lipinski definition) is 5. The summed E-state index contributed by atoms with van der Waals surface area (Å²) in [5, 5.41) is 5.84. The molecule has 3 atom stereocenters. The van der Waals surface area contributed by atoms with Crippen molar-refractivity contribution >= 4 is 41.9 Å². The van der Waals surface area contributed by atoms with Crippen LogP contribution in [-0.2, 0) is 22.5 Å². The number of halogens is 3. The lowest BCUT2D eigenvalue weighted by Crippen LogP contribution is -2.38. The van der Waals surface area contributed by atoms with Crippen molar-refractivity contribution in [3.63, 3.8) is 0 Å². The Hall–Kier alpha value is -2.87. The van der Waals surface area contributed by atoms with E-state index in [1.165, 1.54) is 18.7 Å². The number of hydrogen-bond donors (Lipinski definition) is 1. The minimum Gasteiger partial charge on any atom is -0.361 e. The molecular weight excluding hydrogens is 658 g/mol. The summed E-state index contributed by atoms with van der Waals surface area (Å²) in [6.45, 7) is 13.0. The standard InChI is InChI=1S/C35H47F3N4O4SSi/c1-33(2,35(36,37)38)19-24(20-34(3,4)47(39)45)30-40-27-18-23(14-15-28(27)41(30)21-46-16-17-48(5,6)7)29(22-12-13-22)42-31(43)25-10-8-9-11-26(25)32(42)44/h8-11,14-15,18,22,24,29H,12-13,16-17,19-21,39H2,1-7H3/t24-,29+,47?/m0/s1. The third-order valence-electron chi connectivity index (χ3n) is 9.70. The zero-order chi connectivity index (χ0) is 35.4. The Morgan fingerprint density at radius 2 is 1.60 bits per heavy atom. The fourth-order valence-electron chi connectivity index (χ4n) is 6.50. The number of carbonyl (C=O) groups excluding carboxylic acids is 2. The van der Waals surface area contributed by atoms with Crippen LogP contribution < -0.4 is 5.14 Å². The molecule has 0 saturated heterocycles. The number of nitrogens with zero attached hydrogens (tertiary/aromatic N) is 3. The molecule has 1 fully saturated rings. The predicted octanol–water partition coefficient (Wildman–Crippen LogP) is 7.95. The normalized spacial score (nSPS) is 18.0. The Balaban J connectivity index is 1.60. The Labute approximate surface area is 284 Å². The second-order valence-electron chi connectivity index (χ2n) is 15.8. The van der Waals surface area contributed by atoms with E-state index in [0.29, 0.717) is 34.6 Å². The van der Waals surface area contributed by atoms with Crippen molar-refractivity contribution in [2.45, 2.75) is 109 Å². The molecule has 2 aliphatic rings. The number of alkyl halides is 3. The first-order valence-corrected chi connectivity index (χ1v) is 21.4. The van der Waals surface area contributed by atoms with Gasteiger partial charge >= 0.3 is 6.18 Å². The van der Waals surface area contributed by atoms with Gasteiger partial charge in [0.15, 0.2) is 0 Å². The Morgan fingerprint density at radius 1 is 1.00 bits per heavy atom. The highest BCUT2D eigenvalue weighted by atomic mass is 32.2. The van der Waals surface area contributed by atoms with Crippen LogP contribution in [-0.4, -0.2) is 56.1 Å². The lowest BCUT2D eigenvalue weighted by Gasteiger charge is -2.34. The van der Waals surface area contributed by atoms with Crippen molar-refractivity contribution in [1.29, 1.82) is 0 Å². The van der Waals surface area contributed by atoms with Crippen LogP contribution in [0.25, 0.3) is 11.0 Å².